The van der Waals surface area contributed by atoms with Gasteiger partial charge in [0.2, 0.25) is 0 Å². The fraction of sp³-hybridized carbons (Fsp3) is 0.316. The zero-order valence-electron chi connectivity index (χ0n) is 13.6. The number of fused-ring (bicyclic) bond motifs is 2. The van der Waals surface area contributed by atoms with Crippen LogP contribution in [0.5, 0.6) is 0 Å². The first kappa shape index (κ1) is 15.9. The maximum atomic E-state index is 12.3. The lowest BCUT2D eigenvalue weighted by atomic mass is 9.95. The molecule has 0 unspecified atom stereocenters. The van der Waals surface area contributed by atoms with E-state index in [0.717, 1.165) is 16.9 Å². The summed E-state index contributed by atoms with van der Waals surface area (Å²) in [5, 5.41) is 3.05. The number of hydrogen-bond donors (Lipinski definition) is 1. The van der Waals surface area contributed by atoms with Gasteiger partial charge in [-0.2, -0.15) is 0 Å². The standard InChI is InChI=1S/C19H21NO2S/c1-19(2,3)22-18(21)20-17-14-9-5-4-8-13(14)12-23-16-11-7-6-10-15(16)17/h4-11,17H,12H2,1-3H3,(H,20,21)/t17-/m0/s1. The van der Waals surface area contributed by atoms with Crippen molar-refractivity contribution in [2.75, 3.05) is 0 Å². The summed E-state index contributed by atoms with van der Waals surface area (Å²) in [6.45, 7) is 5.62. The van der Waals surface area contributed by atoms with Crippen molar-refractivity contribution >= 4 is 17.9 Å². The number of thioether (sulfide) groups is 1. The zero-order chi connectivity index (χ0) is 16.4. The van der Waals surface area contributed by atoms with Crippen LogP contribution >= 0.6 is 11.8 Å². The van der Waals surface area contributed by atoms with Crippen molar-refractivity contribution in [3.05, 3.63) is 65.2 Å². The number of amides is 1. The van der Waals surface area contributed by atoms with Gasteiger partial charge in [0.15, 0.2) is 0 Å². The predicted molar refractivity (Wildman–Crippen MR) is 93.7 cm³/mol. The van der Waals surface area contributed by atoms with Gasteiger partial charge in [0, 0.05) is 10.6 Å². The Balaban J connectivity index is 1.98. The second kappa shape index (κ2) is 6.28. The van der Waals surface area contributed by atoms with Gasteiger partial charge in [0.1, 0.15) is 5.60 Å². The summed E-state index contributed by atoms with van der Waals surface area (Å²) in [5.41, 5.74) is 2.99. The average molecular weight is 327 g/mol. The van der Waals surface area contributed by atoms with Crippen LogP contribution in [0.25, 0.3) is 0 Å². The molecule has 3 nitrogen and oxygen atoms in total. The topological polar surface area (TPSA) is 38.3 Å². The monoisotopic (exact) mass is 327 g/mol. The molecule has 1 heterocycles. The molecule has 120 valence electrons. The van der Waals surface area contributed by atoms with E-state index < -0.39 is 5.60 Å². The van der Waals surface area contributed by atoms with Gasteiger partial charge in [-0.1, -0.05) is 42.5 Å². The minimum absolute atomic E-state index is 0.188. The average Bonchev–Trinajstić information content (AvgIpc) is 2.64. The highest BCUT2D eigenvalue weighted by molar-refractivity contribution is 7.98. The van der Waals surface area contributed by atoms with Gasteiger partial charge in [0.05, 0.1) is 6.04 Å². The van der Waals surface area contributed by atoms with Crippen LogP contribution in [0, 0.1) is 0 Å². The van der Waals surface area contributed by atoms with Crippen molar-refractivity contribution in [2.45, 2.75) is 43.1 Å². The Bertz CT molecular complexity index is 674. The van der Waals surface area contributed by atoms with E-state index in [2.05, 4.69) is 29.6 Å². The van der Waals surface area contributed by atoms with Crippen LogP contribution in [0.1, 0.15) is 43.5 Å². The van der Waals surface area contributed by atoms with E-state index in [9.17, 15) is 4.79 Å². The molecule has 1 N–H and O–H groups in total. The van der Waals surface area contributed by atoms with Crippen LogP contribution in [-0.4, -0.2) is 11.7 Å². The van der Waals surface area contributed by atoms with Gasteiger partial charge >= 0.3 is 6.09 Å². The highest BCUT2D eigenvalue weighted by Crippen LogP contribution is 2.39. The van der Waals surface area contributed by atoms with E-state index in [1.54, 1.807) is 11.8 Å². The second-order valence-corrected chi connectivity index (χ2v) is 7.62. The Morgan fingerprint density at radius 2 is 1.74 bits per heavy atom. The summed E-state index contributed by atoms with van der Waals surface area (Å²) in [6, 6.07) is 16.3. The van der Waals surface area contributed by atoms with Gasteiger partial charge in [-0.25, -0.2) is 4.79 Å². The van der Waals surface area contributed by atoms with Gasteiger partial charge in [-0.05, 0) is 43.5 Å². The lowest BCUT2D eigenvalue weighted by molar-refractivity contribution is 0.0511. The lowest BCUT2D eigenvalue weighted by Crippen LogP contribution is -2.35. The maximum Gasteiger partial charge on any atom is 0.408 e. The highest BCUT2D eigenvalue weighted by Gasteiger charge is 2.27. The number of carbonyl (C=O) groups is 1. The largest absolute Gasteiger partial charge is 0.444 e. The van der Waals surface area contributed by atoms with Crippen molar-refractivity contribution < 1.29 is 9.53 Å². The van der Waals surface area contributed by atoms with Crippen molar-refractivity contribution in [3.8, 4) is 0 Å². The number of carbonyl (C=O) groups excluding carboxylic acids is 1. The van der Waals surface area contributed by atoms with Crippen LogP contribution in [-0.2, 0) is 10.5 Å². The first-order chi connectivity index (χ1) is 10.9. The molecule has 1 aliphatic heterocycles. The summed E-state index contributed by atoms with van der Waals surface area (Å²) >= 11 is 1.80. The predicted octanol–water partition coefficient (Wildman–Crippen LogP) is 4.91. The molecule has 0 spiro atoms. The van der Waals surface area contributed by atoms with E-state index in [1.807, 2.05) is 45.0 Å². The molecule has 2 aromatic carbocycles. The number of hydrogen-bond acceptors (Lipinski definition) is 3. The van der Waals surface area contributed by atoms with E-state index in [1.165, 1.54) is 10.5 Å². The quantitative estimate of drug-likeness (QED) is 0.809. The smallest absolute Gasteiger partial charge is 0.408 e. The summed E-state index contributed by atoms with van der Waals surface area (Å²) in [7, 11) is 0. The normalized spacial score (nSPS) is 16.7. The third-order valence-corrected chi connectivity index (χ3v) is 4.78. The molecule has 0 aliphatic carbocycles. The summed E-state index contributed by atoms with van der Waals surface area (Å²) < 4.78 is 5.45. The molecule has 3 rings (SSSR count). The molecule has 2 aromatic rings. The Labute approximate surface area is 141 Å². The third kappa shape index (κ3) is 3.70. The minimum atomic E-state index is -0.511. The molecule has 0 saturated carbocycles. The number of alkyl carbamates (subject to hydrolysis) is 1. The van der Waals surface area contributed by atoms with Crippen molar-refractivity contribution in [3.63, 3.8) is 0 Å². The highest BCUT2D eigenvalue weighted by atomic mass is 32.2. The Kier molecular flexibility index (Phi) is 4.35. The fourth-order valence-corrected chi connectivity index (χ4v) is 3.80. The number of ether oxygens (including phenoxy) is 1. The van der Waals surface area contributed by atoms with Gasteiger partial charge in [0.25, 0.3) is 0 Å². The van der Waals surface area contributed by atoms with Crippen LogP contribution in [0.4, 0.5) is 4.79 Å². The van der Waals surface area contributed by atoms with Crippen LogP contribution in [0.15, 0.2) is 53.4 Å². The van der Waals surface area contributed by atoms with Gasteiger partial charge in [-0.15, -0.1) is 11.8 Å². The van der Waals surface area contributed by atoms with Crippen LogP contribution in [0.3, 0.4) is 0 Å². The molecule has 1 amide bonds. The molecular weight excluding hydrogens is 306 g/mol. The fourth-order valence-electron chi connectivity index (χ4n) is 2.70. The van der Waals surface area contributed by atoms with Gasteiger partial charge in [-0.3, -0.25) is 0 Å². The van der Waals surface area contributed by atoms with Crippen molar-refractivity contribution in [1.82, 2.24) is 5.32 Å². The molecule has 23 heavy (non-hydrogen) atoms. The van der Waals surface area contributed by atoms with E-state index in [-0.39, 0.29) is 12.1 Å². The molecular formula is C19H21NO2S. The molecule has 1 atom stereocenters. The molecule has 0 fully saturated rings. The number of benzene rings is 2. The summed E-state index contributed by atoms with van der Waals surface area (Å²) in [5.74, 6) is 0.902. The van der Waals surface area contributed by atoms with E-state index >= 15 is 0 Å². The van der Waals surface area contributed by atoms with E-state index in [4.69, 9.17) is 4.74 Å². The number of nitrogens with one attached hydrogen (secondary N) is 1. The van der Waals surface area contributed by atoms with Crippen molar-refractivity contribution in [1.29, 1.82) is 0 Å². The first-order valence-corrected chi connectivity index (χ1v) is 8.72. The molecule has 0 saturated heterocycles. The van der Waals surface area contributed by atoms with Crippen LogP contribution < -0.4 is 5.32 Å². The first-order valence-electron chi connectivity index (χ1n) is 7.73. The molecule has 0 radical (unpaired) electrons. The third-order valence-electron chi connectivity index (χ3n) is 3.64. The van der Waals surface area contributed by atoms with Crippen molar-refractivity contribution in [2.24, 2.45) is 0 Å². The minimum Gasteiger partial charge on any atom is -0.444 e. The molecule has 1 aliphatic rings. The molecule has 4 heteroatoms. The SMILES string of the molecule is CC(C)(C)OC(=O)N[C@H]1c2ccccc2CSc2ccccc21. The summed E-state index contributed by atoms with van der Waals surface area (Å²) in [4.78, 5) is 13.5. The van der Waals surface area contributed by atoms with E-state index in [0.29, 0.717) is 0 Å². The zero-order valence-corrected chi connectivity index (χ0v) is 14.4. The Hall–Kier alpha value is -1.94. The molecule has 0 bridgehead atoms. The second-order valence-electron chi connectivity index (χ2n) is 6.60. The number of rotatable bonds is 1. The van der Waals surface area contributed by atoms with Gasteiger partial charge < -0.3 is 10.1 Å². The maximum absolute atomic E-state index is 12.3. The summed E-state index contributed by atoms with van der Waals surface area (Å²) in [6.07, 6.45) is -0.390. The lowest BCUT2D eigenvalue weighted by Gasteiger charge is -2.25. The Morgan fingerprint density at radius 3 is 2.48 bits per heavy atom. The Morgan fingerprint density at radius 1 is 1.09 bits per heavy atom. The van der Waals surface area contributed by atoms with Crippen LogP contribution in [0.2, 0.25) is 0 Å². The molecule has 0 aromatic heterocycles.